The highest BCUT2D eigenvalue weighted by atomic mass is 19.3. The number of alkyl halides is 2. The zero-order valence-electron chi connectivity index (χ0n) is 12.0. The Morgan fingerprint density at radius 2 is 2.00 bits per heavy atom. The first-order valence-electron chi connectivity index (χ1n) is 7.13. The van der Waals surface area contributed by atoms with E-state index in [9.17, 15) is 13.6 Å². The number of hydrogen-bond donors (Lipinski definition) is 1. The molecule has 1 aromatic carbocycles. The lowest BCUT2D eigenvalue weighted by Crippen LogP contribution is -2.37. The van der Waals surface area contributed by atoms with E-state index in [1.54, 1.807) is 18.2 Å². The molecule has 1 heterocycles. The van der Waals surface area contributed by atoms with Gasteiger partial charge in [-0.2, -0.15) is 8.78 Å². The fourth-order valence-electron chi connectivity index (χ4n) is 2.47. The molecule has 1 amide bonds. The second-order valence-electron chi connectivity index (χ2n) is 5.11. The lowest BCUT2D eigenvalue weighted by Gasteiger charge is -2.20. The molecule has 1 aliphatic rings. The first-order chi connectivity index (χ1) is 10.1. The van der Waals surface area contributed by atoms with Crippen LogP contribution in [0.1, 0.15) is 31.4 Å². The number of amides is 1. The summed E-state index contributed by atoms with van der Waals surface area (Å²) in [6.45, 7) is 0.777. The third-order valence-corrected chi connectivity index (χ3v) is 3.62. The maximum atomic E-state index is 12.4. The molecule has 0 spiro atoms. The van der Waals surface area contributed by atoms with Crippen molar-refractivity contribution in [3.05, 3.63) is 29.8 Å². The smallest absolute Gasteiger partial charge is 0.387 e. The number of nitrogens with one attached hydrogen (secondary N) is 1. The van der Waals surface area contributed by atoms with Crippen LogP contribution in [-0.4, -0.2) is 37.1 Å². The summed E-state index contributed by atoms with van der Waals surface area (Å²) in [6.07, 6.45) is 2.10. The van der Waals surface area contributed by atoms with Crippen molar-refractivity contribution in [2.45, 2.75) is 32.4 Å². The maximum Gasteiger partial charge on any atom is 0.387 e. The highest BCUT2D eigenvalue weighted by Crippen LogP contribution is 2.26. The number of rotatable bonds is 6. The Morgan fingerprint density at radius 3 is 2.67 bits per heavy atom. The highest BCUT2D eigenvalue weighted by Gasteiger charge is 2.19. The quantitative estimate of drug-likeness (QED) is 0.877. The molecule has 0 radical (unpaired) electrons. The van der Waals surface area contributed by atoms with Crippen LogP contribution in [0.3, 0.4) is 0 Å². The van der Waals surface area contributed by atoms with Crippen LogP contribution in [0.2, 0.25) is 0 Å². The van der Waals surface area contributed by atoms with Crippen LogP contribution in [0.5, 0.6) is 5.75 Å². The normalized spacial score (nSPS) is 16.3. The summed E-state index contributed by atoms with van der Waals surface area (Å²) in [4.78, 5) is 13.8. The van der Waals surface area contributed by atoms with E-state index in [4.69, 9.17) is 0 Å². The molecule has 1 atom stereocenters. The molecule has 1 aliphatic heterocycles. The monoisotopic (exact) mass is 298 g/mol. The molecule has 1 unspecified atom stereocenters. The minimum Gasteiger partial charge on any atom is -0.434 e. The summed E-state index contributed by atoms with van der Waals surface area (Å²) in [5, 5.41) is 3.07. The van der Waals surface area contributed by atoms with E-state index in [0.29, 0.717) is 5.56 Å². The third kappa shape index (κ3) is 4.39. The maximum absolute atomic E-state index is 12.4. The second kappa shape index (κ2) is 7.36. The first kappa shape index (κ1) is 15.7. The van der Waals surface area contributed by atoms with Crippen molar-refractivity contribution in [1.82, 2.24) is 10.2 Å². The van der Waals surface area contributed by atoms with Crippen LogP contribution in [-0.2, 0) is 4.79 Å². The van der Waals surface area contributed by atoms with E-state index in [2.05, 4.69) is 10.1 Å². The fraction of sp³-hybridized carbons (Fsp3) is 0.533. The lowest BCUT2D eigenvalue weighted by atomic mass is 10.1. The van der Waals surface area contributed by atoms with Crippen molar-refractivity contribution in [3.63, 3.8) is 0 Å². The number of para-hydroxylation sites is 1. The number of nitrogens with zero attached hydrogens (tertiary/aromatic N) is 1. The van der Waals surface area contributed by atoms with E-state index in [-0.39, 0.29) is 24.2 Å². The van der Waals surface area contributed by atoms with Gasteiger partial charge in [-0.15, -0.1) is 0 Å². The predicted octanol–water partition coefficient (Wildman–Crippen LogP) is 2.56. The zero-order valence-corrected chi connectivity index (χ0v) is 12.0. The molecule has 1 fully saturated rings. The Balaban J connectivity index is 1.93. The van der Waals surface area contributed by atoms with E-state index in [1.807, 2.05) is 11.8 Å². The first-order valence-corrected chi connectivity index (χ1v) is 7.13. The molecule has 0 saturated carbocycles. The average Bonchev–Trinajstić information content (AvgIpc) is 2.98. The number of halogens is 2. The highest BCUT2D eigenvalue weighted by molar-refractivity contribution is 5.78. The molecule has 0 bridgehead atoms. The average molecular weight is 298 g/mol. The van der Waals surface area contributed by atoms with Crippen molar-refractivity contribution in [2.75, 3.05) is 19.6 Å². The van der Waals surface area contributed by atoms with Gasteiger partial charge in [-0.25, -0.2) is 0 Å². The Hall–Kier alpha value is -1.69. The van der Waals surface area contributed by atoms with Crippen LogP contribution in [0.25, 0.3) is 0 Å². The Labute approximate surface area is 123 Å². The standard InChI is InChI=1S/C15H20F2N2O2/c1-11(18-10-14(20)19-8-4-5-9-19)12-6-2-3-7-13(12)21-15(16)17/h2-3,6-7,11,15,18H,4-5,8-10H2,1H3. The summed E-state index contributed by atoms with van der Waals surface area (Å²) in [5.74, 6) is 0.188. The topological polar surface area (TPSA) is 41.6 Å². The molecule has 6 heteroatoms. The van der Waals surface area contributed by atoms with Gasteiger partial charge in [0.1, 0.15) is 5.75 Å². The number of likely N-dealkylation sites (tertiary alicyclic amines) is 1. The van der Waals surface area contributed by atoms with Crippen LogP contribution in [0.15, 0.2) is 24.3 Å². The molecule has 2 rings (SSSR count). The van der Waals surface area contributed by atoms with Crippen molar-refractivity contribution >= 4 is 5.91 Å². The van der Waals surface area contributed by atoms with Gasteiger partial charge in [0.25, 0.3) is 0 Å². The number of hydrogen-bond acceptors (Lipinski definition) is 3. The van der Waals surface area contributed by atoms with Crippen LogP contribution in [0, 0.1) is 0 Å². The van der Waals surface area contributed by atoms with E-state index >= 15 is 0 Å². The Morgan fingerprint density at radius 1 is 1.33 bits per heavy atom. The number of benzene rings is 1. The van der Waals surface area contributed by atoms with Gasteiger partial charge in [0.05, 0.1) is 6.54 Å². The Kier molecular flexibility index (Phi) is 5.50. The zero-order chi connectivity index (χ0) is 15.2. The van der Waals surface area contributed by atoms with Crippen molar-refractivity contribution in [2.24, 2.45) is 0 Å². The van der Waals surface area contributed by atoms with Gasteiger partial charge in [-0.3, -0.25) is 4.79 Å². The molecule has 1 aromatic rings. The van der Waals surface area contributed by atoms with E-state index in [1.165, 1.54) is 6.07 Å². The lowest BCUT2D eigenvalue weighted by molar-refractivity contribution is -0.129. The van der Waals surface area contributed by atoms with Gasteiger partial charge in [-0.05, 0) is 25.8 Å². The molecule has 0 aliphatic carbocycles. The van der Waals surface area contributed by atoms with Crippen molar-refractivity contribution in [1.29, 1.82) is 0 Å². The summed E-state index contributed by atoms with van der Waals surface area (Å²) in [7, 11) is 0. The second-order valence-corrected chi connectivity index (χ2v) is 5.11. The van der Waals surface area contributed by atoms with Gasteiger partial charge in [0, 0.05) is 24.7 Å². The third-order valence-electron chi connectivity index (χ3n) is 3.62. The van der Waals surface area contributed by atoms with Crippen LogP contribution in [0.4, 0.5) is 8.78 Å². The molecular formula is C15H20F2N2O2. The van der Waals surface area contributed by atoms with Crippen molar-refractivity contribution < 1.29 is 18.3 Å². The van der Waals surface area contributed by atoms with Gasteiger partial charge in [0.2, 0.25) is 5.91 Å². The fourth-order valence-corrected chi connectivity index (χ4v) is 2.47. The molecule has 1 saturated heterocycles. The molecular weight excluding hydrogens is 278 g/mol. The van der Waals surface area contributed by atoms with Crippen LogP contribution >= 0.6 is 0 Å². The van der Waals surface area contributed by atoms with Crippen LogP contribution < -0.4 is 10.1 Å². The van der Waals surface area contributed by atoms with Gasteiger partial charge < -0.3 is 15.0 Å². The van der Waals surface area contributed by atoms with Gasteiger partial charge in [-0.1, -0.05) is 18.2 Å². The summed E-state index contributed by atoms with van der Waals surface area (Å²) >= 11 is 0. The minimum absolute atomic E-state index is 0.0478. The van der Waals surface area contributed by atoms with Crippen molar-refractivity contribution in [3.8, 4) is 5.75 Å². The molecule has 116 valence electrons. The largest absolute Gasteiger partial charge is 0.434 e. The number of ether oxygens (including phenoxy) is 1. The summed E-state index contributed by atoms with van der Waals surface area (Å²) < 4.78 is 29.3. The molecule has 0 aromatic heterocycles. The SMILES string of the molecule is CC(NCC(=O)N1CCCC1)c1ccccc1OC(F)F. The summed E-state index contributed by atoms with van der Waals surface area (Å²) in [5.41, 5.74) is 0.618. The Bertz CT molecular complexity index is 476. The molecule has 1 N–H and O–H groups in total. The number of carbonyl (C=O) groups is 1. The van der Waals surface area contributed by atoms with E-state index in [0.717, 1.165) is 25.9 Å². The van der Waals surface area contributed by atoms with Gasteiger partial charge >= 0.3 is 6.61 Å². The molecule has 4 nitrogen and oxygen atoms in total. The van der Waals surface area contributed by atoms with Gasteiger partial charge in [0.15, 0.2) is 0 Å². The number of carbonyl (C=O) groups excluding carboxylic acids is 1. The van der Waals surface area contributed by atoms with E-state index < -0.39 is 6.61 Å². The predicted molar refractivity (Wildman–Crippen MR) is 75.3 cm³/mol. The minimum atomic E-state index is -2.86. The molecule has 21 heavy (non-hydrogen) atoms. The summed E-state index contributed by atoms with van der Waals surface area (Å²) in [6, 6.07) is 6.38.